The van der Waals surface area contributed by atoms with Crippen molar-refractivity contribution in [3.05, 3.63) is 51.3 Å². The summed E-state index contributed by atoms with van der Waals surface area (Å²) < 4.78 is 6.64. The van der Waals surface area contributed by atoms with Gasteiger partial charge in [0.1, 0.15) is 17.6 Å². The van der Waals surface area contributed by atoms with Gasteiger partial charge in [-0.1, -0.05) is 46.6 Å². The lowest BCUT2D eigenvalue weighted by Crippen LogP contribution is -2.01. The molecule has 0 saturated carbocycles. The van der Waals surface area contributed by atoms with Crippen molar-refractivity contribution < 1.29 is 4.74 Å². The van der Waals surface area contributed by atoms with Crippen LogP contribution in [-0.4, -0.2) is 9.97 Å². The number of hydrogen-bond acceptors (Lipinski definition) is 3. The second-order valence-corrected chi connectivity index (χ2v) is 5.02. The van der Waals surface area contributed by atoms with Crippen LogP contribution in [0, 0.1) is 0 Å². The second-order valence-electron chi connectivity index (χ2n) is 3.72. The summed E-state index contributed by atoms with van der Waals surface area (Å²) in [7, 11) is 0. The summed E-state index contributed by atoms with van der Waals surface area (Å²) in [5, 5.41) is 0.408. The van der Waals surface area contributed by atoms with E-state index >= 15 is 0 Å². The lowest BCUT2D eigenvalue weighted by molar-refractivity contribution is 0.292. The Morgan fingerprint density at radius 2 is 2.11 bits per heavy atom. The molecule has 0 atom stereocenters. The molecule has 94 valence electrons. The van der Waals surface area contributed by atoms with Gasteiger partial charge in [0.25, 0.3) is 0 Å². The van der Waals surface area contributed by atoms with Crippen LogP contribution in [0.3, 0.4) is 0 Å². The summed E-state index contributed by atoms with van der Waals surface area (Å²) in [6, 6.07) is 9.56. The van der Waals surface area contributed by atoms with Crippen LogP contribution in [0.2, 0.25) is 5.15 Å². The standard InChI is InChI=1S/C13H12BrClN2O/c1-2-12-16-11(15)7-13(17-12)18-8-9-4-3-5-10(14)6-9/h3-7H,2,8H2,1H3. The van der Waals surface area contributed by atoms with Gasteiger partial charge < -0.3 is 4.74 Å². The highest BCUT2D eigenvalue weighted by Crippen LogP contribution is 2.17. The van der Waals surface area contributed by atoms with Crippen molar-refractivity contribution >= 4 is 27.5 Å². The molecule has 0 unspecified atom stereocenters. The van der Waals surface area contributed by atoms with Crippen molar-refractivity contribution in [1.29, 1.82) is 0 Å². The number of rotatable bonds is 4. The lowest BCUT2D eigenvalue weighted by atomic mass is 10.2. The smallest absolute Gasteiger partial charge is 0.218 e. The molecule has 0 aliphatic heterocycles. The Morgan fingerprint density at radius 1 is 1.28 bits per heavy atom. The lowest BCUT2D eigenvalue weighted by Gasteiger charge is -2.07. The number of halogens is 2. The highest BCUT2D eigenvalue weighted by Gasteiger charge is 2.03. The summed E-state index contributed by atoms with van der Waals surface area (Å²) in [5.41, 5.74) is 1.07. The van der Waals surface area contributed by atoms with Gasteiger partial charge in [0.15, 0.2) is 0 Å². The SMILES string of the molecule is CCc1nc(Cl)cc(OCc2cccc(Br)c2)n1. The van der Waals surface area contributed by atoms with Crippen LogP contribution < -0.4 is 4.74 Å². The predicted octanol–water partition coefficient (Wildman–Crippen LogP) is 4.03. The first-order valence-electron chi connectivity index (χ1n) is 5.58. The quantitative estimate of drug-likeness (QED) is 0.795. The Labute approximate surface area is 119 Å². The Balaban J connectivity index is 2.08. The second kappa shape index (κ2) is 6.16. The summed E-state index contributed by atoms with van der Waals surface area (Å²) in [4.78, 5) is 8.35. The average Bonchev–Trinajstić information content (AvgIpc) is 2.36. The van der Waals surface area contributed by atoms with Gasteiger partial charge in [-0.15, -0.1) is 0 Å². The molecular weight excluding hydrogens is 316 g/mol. The van der Waals surface area contributed by atoms with Gasteiger partial charge in [-0.3, -0.25) is 0 Å². The third kappa shape index (κ3) is 3.68. The molecule has 2 aromatic rings. The zero-order valence-electron chi connectivity index (χ0n) is 9.86. The van der Waals surface area contributed by atoms with Crippen molar-refractivity contribution in [2.75, 3.05) is 0 Å². The minimum atomic E-state index is 0.408. The third-order valence-corrected chi connectivity index (χ3v) is 3.00. The summed E-state index contributed by atoms with van der Waals surface area (Å²) >= 11 is 9.32. The van der Waals surface area contributed by atoms with E-state index in [9.17, 15) is 0 Å². The van der Waals surface area contributed by atoms with Crippen molar-refractivity contribution in [3.8, 4) is 5.88 Å². The molecule has 5 heteroatoms. The minimum absolute atomic E-state index is 0.408. The van der Waals surface area contributed by atoms with E-state index in [1.54, 1.807) is 6.07 Å². The van der Waals surface area contributed by atoms with Crippen LogP contribution in [0.4, 0.5) is 0 Å². The fraction of sp³-hybridized carbons (Fsp3) is 0.231. The molecule has 3 nitrogen and oxygen atoms in total. The van der Waals surface area contributed by atoms with Crippen LogP contribution in [-0.2, 0) is 13.0 Å². The van der Waals surface area contributed by atoms with Crippen molar-refractivity contribution in [2.24, 2.45) is 0 Å². The van der Waals surface area contributed by atoms with Crippen LogP contribution in [0.15, 0.2) is 34.8 Å². The van der Waals surface area contributed by atoms with Gasteiger partial charge in [-0.05, 0) is 17.7 Å². The summed E-state index contributed by atoms with van der Waals surface area (Å²) in [5.74, 6) is 1.19. The van der Waals surface area contributed by atoms with Gasteiger partial charge in [0, 0.05) is 17.0 Å². The fourth-order valence-electron chi connectivity index (χ4n) is 1.46. The molecule has 0 spiro atoms. The average molecular weight is 328 g/mol. The van der Waals surface area contributed by atoms with Crippen LogP contribution in [0.25, 0.3) is 0 Å². The van der Waals surface area contributed by atoms with E-state index in [2.05, 4.69) is 25.9 Å². The maximum atomic E-state index is 5.90. The molecule has 0 amide bonds. The molecule has 1 aromatic carbocycles. The summed E-state index contributed by atoms with van der Waals surface area (Å²) in [6.45, 7) is 2.43. The van der Waals surface area contributed by atoms with Crippen molar-refractivity contribution in [3.63, 3.8) is 0 Å². The number of aromatic nitrogens is 2. The number of aryl methyl sites for hydroxylation is 1. The first-order chi connectivity index (χ1) is 8.67. The molecule has 0 radical (unpaired) electrons. The topological polar surface area (TPSA) is 35.0 Å². The van der Waals surface area contributed by atoms with Crippen molar-refractivity contribution in [1.82, 2.24) is 9.97 Å². The van der Waals surface area contributed by atoms with Gasteiger partial charge >= 0.3 is 0 Å². The number of nitrogens with zero attached hydrogens (tertiary/aromatic N) is 2. The first-order valence-corrected chi connectivity index (χ1v) is 6.75. The molecule has 0 aliphatic carbocycles. The molecule has 0 fully saturated rings. The van der Waals surface area contributed by atoms with E-state index in [4.69, 9.17) is 16.3 Å². The molecule has 1 heterocycles. The van der Waals surface area contributed by atoms with E-state index in [0.717, 1.165) is 16.5 Å². The fourth-order valence-corrected chi connectivity index (χ4v) is 2.10. The van der Waals surface area contributed by atoms with Crippen LogP contribution in [0.1, 0.15) is 18.3 Å². The van der Waals surface area contributed by atoms with Gasteiger partial charge in [-0.2, -0.15) is 4.98 Å². The third-order valence-electron chi connectivity index (χ3n) is 2.31. The number of hydrogen-bond donors (Lipinski definition) is 0. The van der Waals surface area contributed by atoms with E-state index in [1.165, 1.54) is 0 Å². The molecule has 0 bridgehead atoms. The van der Waals surface area contributed by atoms with E-state index in [1.807, 2.05) is 31.2 Å². The maximum Gasteiger partial charge on any atom is 0.218 e. The maximum absolute atomic E-state index is 5.90. The normalized spacial score (nSPS) is 10.4. The number of benzene rings is 1. The van der Waals surface area contributed by atoms with E-state index in [-0.39, 0.29) is 0 Å². The summed E-state index contributed by atoms with van der Waals surface area (Å²) in [6.07, 6.45) is 0.730. The molecule has 18 heavy (non-hydrogen) atoms. The Hall–Kier alpha value is -1.13. The molecular formula is C13H12BrClN2O. The van der Waals surface area contributed by atoms with Crippen LogP contribution >= 0.6 is 27.5 Å². The Kier molecular flexibility index (Phi) is 4.55. The first kappa shape index (κ1) is 13.3. The highest BCUT2D eigenvalue weighted by molar-refractivity contribution is 9.10. The van der Waals surface area contributed by atoms with Gasteiger partial charge in [-0.25, -0.2) is 4.98 Å². The molecule has 0 saturated heterocycles. The zero-order chi connectivity index (χ0) is 13.0. The molecule has 0 aliphatic rings. The van der Waals surface area contributed by atoms with Gasteiger partial charge in [0.05, 0.1) is 0 Å². The van der Waals surface area contributed by atoms with E-state index < -0.39 is 0 Å². The van der Waals surface area contributed by atoms with Crippen LogP contribution in [0.5, 0.6) is 5.88 Å². The largest absolute Gasteiger partial charge is 0.473 e. The van der Waals surface area contributed by atoms with Crippen molar-refractivity contribution in [2.45, 2.75) is 20.0 Å². The number of ether oxygens (including phenoxy) is 1. The van der Waals surface area contributed by atoms with E-state index in [0.29, 0.717) is 23.5 Å². The Morgan fingerprint density at radius 3 is 2.83 bits per heavy atom. The molecule has 2 rings (SSSR count). The molecule has 0 N–H and O–H groups in total. The molecule has 1 aromatic heterocycles. The van der Waals surface area contributed by atoms with Gasteiger partial charge in [0.2, 0.25) is 5.88 Å². The zero-order valence-corrected chi connectivity index (χ0v) is 12.2. The minimum Gasteiger partial charge on any atom is -0.473 e. The highest BCUT2D eigenvalue weighted by atomic mass is 79.9. The Bertz CT molecular complexity index is 548. The predicted molar refractivity (Wildman–Crippen MR) is 74.9 cm³/mol. The monoisotopic (exact) mass is 326 g/mol.